The number of ether oxygens (including phenoxy) is 3. The van der Waals surface area contributed by atoms with Crippen molar-refractivity contribution in [3.05, 3.63) is 187 Å². The molecule has 1 N–H and O–H groups in total. The second kappa shape index (κ2) is 55.3. The molecule has 0 aliphatic heterocycles. The molecule has 0 bridgehead atoms. The van der Waals surface area contributed by atoms with Crippen molar-refractivity contribution in [1.29, 1.82) is 0 Å². The molecule has 6 rings (SSSR count). The predicted octanol–water partition coefficient (Wildman–Crippen LogP) is 11.1. The van der Waals surface area contributed by atoms with Crippen LogP contribution in [0.1, 0.15) is 41.5 Å². The van der Waals surface area contributed by atoms with Crippen molar-refractivity contribution in [2.45, 2.75) is 41.5 Å². The molecular formula is C42H52Cl3N6O4Y3-5. The zero-order valence-electron chi connectivity index (χ0n) is 34.1. The zero-order valence-corrected chi connectivity index (χ0v) is 44.9. The minimum atomic E-state index is -0.289. The molecular weight excluding hydrogens is 1030 g/mol. The van der Waals surface area contributed by atoms with Gasteiger partial charge in [-0.2, -0.15) is 0 Å². The van der Waals surface area contributed by atoms with Crippen molar-refractivity contribution in [3.8, 4) is 17.2 Å². The smallest absolute Gasteiger partial charge is 0.173 e. The number of hydrogen-bond acceptors (Lipinski definition) is 9. The van der Waals surface area contributed by atoms with Crippen LogP contribution in [0.25, 0.3) is 0 Å². The summed E-state index contributed by atoms with van der Waals surface area (Å²) < 4.78 is 15.3. The largest absolute Gasteiger partial charge is 0.525 e. The molecule has 0 aliphatic carbocycles. The predicted molar refractivity (Wildman–Crippen MR) is 228 cm³/mol. The summed E-state index contributed by atoms with van der Waals surface area (Å²) in [7, 11) is 0. The van der Waals surface area contributed by atoms with Gasteiger partial charge in [0.25, 0.3) is 0 Å². The number of H-pyrrole nitrogens is 1. The Kier molecular flexibility index (Phi) is 64.8. The number of benzene rings is 3. The third-order valence-electron chi connectivity index (χ3n) is 4.66. The molecule has 0 spiro atoms. The van der Waals surface area contributed by atoms with Gasteiger partial charge < -0.3 is 49.9 Å². The van der Waals surface area contributed by atoms with Crippen LogP contribution in [0.3, 0.4) is 0 Å². The van der Waals surface area contributed by atoms with E-state index in [0.29, 0.717) is 25.0 Å². The monoisotopic (exact) mass is 1080 g/mol. The Balaban J connectivity index is -0.000000135. The van der Waals surface area contributed by atoms with Gasteiger partial charge in [-0.3, -0.25) is 9.78 Å². The van der Waals surface area contributed by atoms with Gasteiger partial charge >= 0.3 is 0 Å². The van der Waals surface area contributed by atoms with Crippen LogP contribution in [-0.4, -0.2) is 49.7 Å². The number of aromatic nitrogens is 6. The number of para-hydroxylation sites is 3. The van der Waals surface area contributed by atoms with Gasteiger partial charge in [0.05, 0.1) is 5.15 Å². The van der Waals surface area contributed by atoms with E-state index in [2.05, 4.69) is 63.1 Å². The van der Waals surface area contributed by atoms with E-state index in [-0.39, 0.29) is 114 Å². The first-order chi connectivity index (χ1) is 26.9. The quantitative estimate of drug-likeness (QED) is 0.162. The van der Waals surface area contributed by atoms with Crippen LogP contribution in [0, 0.1) is 33.2 Å². The van der Waals surface area contributed by atoms with Gasteiger partial charge in [0.2, 0.25) is 0 Å². The first kappa shape index (κ1) is 68.0. The second-order valence-electron chi connectivity index (χ2n) is 8.11. The summed E-state index contributed by atoms with van der Waals surface area (Å²) in [4.78, 5) is 30.4. The van der Waals surface area contributed by atoms with Crippen molar-refractivity contribution in [3.63, 3.8) is 0 Å². The molecule has 309 valence electrons. The Bertz CT molecular complexity index is 1540. The molecule has 0 unspecified atom stereocenters. The van der Waals surface area contributed by atoms with Crippen LogP contribution < -0.4 is 19.8 Å². The van der Waals surface area contributed by atoms with Crippen molar-refractivity contribution in [1.82, 2.24) is 29.9 Å². The normalized spacial score (nSPS) is 7.86. The fourth-order valence-corrected chi connectivity index (χ4v) is 3.05. The summed E-state index contributed by atoms with van der Waals surface area (Å²) >= 11 is 16.1. The van der Waals surface area contributed by atoms with Crippen LogP contribution >= 0.6 is 34.8 Å². The van der Waals surface area contributed by atoms with Crippen LogP contribution in [-0.2, 0) is 98.1 Å². The first-order valence-corrected chi connectivity index (χ1v) is 18.3. The zero-order chi connectivity index (χ0) is 41.8. The number of hydrogen-bond donors (Lipinski definition) is 1. The fourth-order valence-electron chi connectivity index (χ4n) is 2.74. The van der Waals surface area contributed by atoms with E-state index in [1.807, 2.05) is 133 Å². The molecule has 0 fully saturated rings. The van der Waals surface area contributed by atoms with Crippen molar-refractivity contribution < 1.29 is 112 Å². The molecule has 0 aliphatic rings. The summed E-state index contributed by atoms with van der Waals surface area (Å²) in [5, 5.41) is 0.797. The maximum Gasteiger partial charge on any atom is 0.173 e. The van der Waals surface area contributed by atoms with Crippen LogP contribution in [0.15, 0.2) is 133 Å². The van der Waals surface area contributed by atoms with Gasteiger partial charge in [0.15, 0.2) is 15.9 Å². The molecule has 10 nitrogen and oxygen atoms in total. The molecule has 0 saturated carbocycles. The van der Waals surface area contributed by atoms with E-state index in [1.54, 1.807) is 0 Å². The molecule has 3 radical (unpaired) electrons. The molecule has 16 heteroatoms. The van der Waals surface area contributed by atoms with E-state index in [1.165, 1.54) is 37.2 Å². The van der Waals surface area contributed by atoms with Gasteiger partial charge in [-0.1, -0.05) is 143 Å². The van der Waals surface area contributed by atoms with E-state index in [9.17, 15) is 4.79 Å². The average Bonchev–Trinajstić information content (AvgIpc) is 3.25. The molecule has 3 aromatic heterocycles. The van der Waals surface area contributed by atoms with Gasteiger partial charge in [-0.15, -0.1) is 18.6 Å². The van der Waals surface area contributed by atoms with Crippen LogP contribution in [0.5, 0.6) is 17.2 Å². The van der Waals surface area contributed by atoms with Crippen molar-refractivity contribution >= 4 is 34.8 Å². The topological polar surface area (TPSA) is 125 Å². The summed E-state index contributed by atoms with van der Waals surface area (Å²) in [6, 6.07) is 28.9. The Morgan fingerprint density at radius 3 is 1.03 bits per heavy atom. The summed E-state index contributed by atoms with van der Waals surface area (Å²) in [5.41, 5.74) is -0.289. The maximum absolute atomic E-state index is 10.1. The molecule has 58 heavy (non-hydrogen) atoms. The minimum Gasteiger partial charge on any atom is -0.525 e. The summed E-state index contributed by atoms with van der Waals surface area (Å²) in [6.45, 7) is 24.1. The van der Waals surface area contributed by atoms with Crippen molar-refractivity contribution in [2.24, 2.45) is 0 Å². The van der Waals surface area contributed by atoms with Crippen LogP contribution in [0.4, 0.5) is 0 Å². The second-order valence-corrected chi connectivity index (χ2v) is 9.19. The summed E-state index contributed by atoms with van der Waals surface area (Å²) in [5.74, 6) is 2.65. The third kappa shape index (κ3) is 45.4. The van der Waals surface area contributed by atoms with Crippen molar-refractivity contribution in [2.75, 3.05) is 19.8 Å². The Morgan fingerprint density at radius 2 is 0.845 bits per heavy atom. The maximum atomic E-state index is 10.1. The molecule has 0 atom stereocenters. The van der Waals surface area contributed by atoms with Crippen LogP contribution in [0.2, 0.25) is 15.5 Å². The van der Waals surface area contributed by atoms with Gasteiger partial charge in [0, 0.05) is 111 Å². The first-order valence-electron chi connectivity index (χ1n) is 17.2. The van der Waals surface area contributed by atoms with E-state index in [0.717, 1.165) is 17.2 Å². The molecule has 3 heterocycles. The Labute approximate surface area is 437 Å². The van der Waals surface area contributed by atoms with Gasteiger partial charge in [-0.25, -0.2) is 9.97 Å². The van der Waals surface area contributed by atoms with Gasteiger partial charge in [-0.05, 0) is 62.4 Å². The molecule has 6 aromatic rings. The number of aromatic amines is 1. The molecule has 0 amide bonds. The molecule has 0 saturated heterocycles. The Hall–Kier alpha value is -1.72. The van der Waals surface area contributed by atoms with E-state index >= 15 is 0 Å². The minimum absolute atomic E-state index is 0. The standard InChI is InChI=1S/3C8H9O.C4H2Cl2N2.C4H2ClN2.C4H3N2O.3C2H6.3Y/c3*1-2-9-8-6-4-3-5-7-8;5-3-4(6)8-2-1-7-3;5-4-3-6-1-2-7-4;7-4-3-5-1-2-6-4;3*1-2;;;/h3*3-7H,1-2H2;1-2H;1-2H;1-2H,(H,6,7);3*1-2H3;;;/q3*-1;;2*-1;;;;;;. The average molecular weight is 1080 g/mol. The number of rotatable bonds is 6. The van der Waals surface area contributed by atoms with Gasteiger partial charge in [0.1, 0.15) is 17.2 Å². The fraction of sp³-hybridized carbons (Fsp3) is 0.214. The Morgan fingerprint density at radius 1 is 0.517 bits per heavy atom. The third-order valence-corrected chi connectivity index (χ3v) is 5.50. The number of nitrogens with zero attached hydrogens (tertiary/aromatic N) is 5. The number of nitrogens with one attached hydrogen (secondary N) is 1. The van der Waals surface area contributed by atoms with E-state index in [4.69, 9.17) is 49.0 Å². The summed E-state index contributed by atoms with van der Waals surface area (Å²) in [6.07, 6.45) is 13.5. The van der Waals surface area contributed by atoms with E-state index < -0.39 is 0 Å². The SMILES string of the molecule is CC.CC.CC.Clc1[c-]nccn1.Clc1nccnc1Cl.O=c1[c-]ncc[nH]1.[CH2-]COc1ccccc1.[CH2-]COc1ccccc1.[CH2-]COc1ccccc1.[Y].[Y].[Y]. The molecule has 3 aromatic carbocycles. The number of halogens is 3.